The number of benzene rings is 2. The molecule has 0 saturated carbocycles. The summed E-state index contributed by atoms with van der Waals surface area (Å²) >= 11 is 6.24. The van der Waals surface area contributed by atoms with Crippen LogP contribution < -0.4 is 10.1 Å². The zero-order valence-corrected chi connectivity index (χ0v) is 27.0. The number of nitrogens with one attached hydrogen (secondary N) is 1. The predicted molar refractivity (Wildman–Crippen MR) is 167 cm³/mol. The highest BCUT2D eigenvalue weighted by atomic mass is 35.5. The number of rotatable bonds is 9. The number of carbonyl (C=O) groups is 2. The first-order valence-electron chi connectivity index (χ1n) is 14.9. The minimum absolute atomic E-state index is 0.0797. The van der Waals surface area contributed by atoms with Crippen molar-refractivity contribution in [2.24, 2.45) is 0 Å². The molecular formula is C31H35ClF3N5O5S. The van der Waals surface area contributed by atoms with Gasteiger partial charge in [0.05, 0.1) is 17.5 Å². The van der Waals surface area contributed by atoms with Gasteiger partial charge in [-0.1, -0.05) is 11.6 Å². The van der Waals surface area contributed by atoms with E-state index in [1.165, 1.54) is 28.4 Å². The maximum atomic E-state index is 14.0. The Morgan fingerprint density at radius 1 is 1.07 bits per heavy atom. The van der Waals surface area contributed by atoms with Crippen molar-refractivity contribution in [3.63, 3.8) is 0 Å². The van der Waals surface area contributed by atoms with Gasteiger partial charge in [0.1, 0.15) is 11.8 Å². The maximum absolute atomic E-state index is 14.0. The molecule has 1 aromatic heterocycles. The molecule has 0 radical (unpaired) electrons. The number of ether oxygens (including phenoxy) is 1. The quantitative estimate of drug-likeness (QED) is 0.344. The molecule has 15 heteroatoms. The van der Waals surface area contributed by atoms with E-state index < -0.39 is 40.1 Å². The van der Waals surface area contributed by atoms with Crippen LogP contribution in [0.25, 0.3) is 10.9 Å². The highest BCUT2D eigenvalue weighted by molar-refractivity contribution is 7.89. The monoisotopic (exact) mass is 681 g/mol. The number of carbonyl (C=O) groups excluding carboxylic acids is 2. The van der Waals surface area contributed by atoms with Crippen LogP contribution in [0.4, 0.5) is 18.9 Å². The Morgan fingerprint density at radius 3 is 2.41 bits per heavy atom. The van der Waals surface area contributed by atoms with Crippen LogP contribution in [0.2, 0.25) is 5.02 Å². The average molecular weight is 682 g/mol. The molecule has 248 valence electrons. The van der Waals surface area contributed by atoms with Crippen molar-refractivity contribution in [2.75, 3.05) is 45.2 Å². The molecule has 3 aromatic rings. The first kappa shape index (κ1) is 33.7. The normalized spacial score (nSPS) is 17.9. The summed E-state index contributed by atoms with van der Waals surface area (Å²) in [6.07, 6.45) is -4.07. The van der Waals surface area contributed by atoms with Crippen molar-refractivity contribution in [1.29, 1.82) is 0 Å². The Kier molecular flexibility index (Phi) is 9.99. The minimum atomic E-state index is -5.06. The summed E-state index contributed by atoms with van der Waals surface area (Å²) in [6.45, 7) is 2.35. The molecule has 46 heavy (non-hydrogen) atoms. The lowest BCUT2D eigenvalue weighted by atomic mass is 10.0. The second-order valence-corrected chi connectivity index (χ2v) is 13.7. The van der Waals surface area contributed by atoms with Crippen molar-refractivity contribution in [3.05, 3.63) is 59.2 Å². The van der Waals surface area contributed by atoms with Gasteiger partial charge in [0.25, 0.3) is 0 Å². The van der Waals surface area contributed by atoms with Gasteiger partial charge in [-0.2, -0.15) is 17.5 Å². The summed E-state index contributed by atoms with van der Waals surface area (Å²) in [5, 5.41) is 4.67. The number of halogens is 4. The number of fused-ring (bicyclic) bond motifs is 1. The van der Waals surface area contributed by atoms with Crippen molar-refractivity contribution in [1.82, 2.24) is 19.1 Å². The second kappa shape index (κ2) is 13.6. The number of likely N-dealkylation sites (tertiary alicyclic amines) is 2. The largest absolute Gasteiger partial charge is 0.497 e. The van der Waals surface area contributed by atoms with Crippen LogP contribution in [0.1, 0.15) is 31.4 Å². The summed E-state index contributed by atoms with van der Waals surface area (Å²) in [6, 6.07) is 11.6. The van der Waals surface area contributed by atoms with Gasteiger partial charge in [-0.3, -0.25) is 14.6 Å². The molecule has 0 aliphatic carbocycles. The van der Waals surface area contributed by atoms with E-state index >= 15 is 0 Å². The molecule has 1 atom stereocenters. The van der Waals surface area contributed by atoms with Gasteiger partial charge in [0, 0.05) is 60.6 Å². The van der Waals surface area contributed by atoms with Gasteiger partial charge in [0.15, 0.2) is 0 Å². The fraction of sp³-hybridized carbons (Fsp3) is 0.452. The van der Waals surface area contributed by atoms with E-state index in [1.807, 2.05) is 19.1 Å². The maximum Gasteiger partial charge on any atom is 0.471 e. The van der Waals surface area contributed by atoms with E-state index in [2.05, 4.69) is 10.3 Å². The topological polar surface area (TPSA) is 112 Å². The molecule has 0 bridgehead atoms. The summed E-state index contributed by atoms with van der Waals surface area (Å²) in [7, 11) is -2.52. The number of anilines is 1. The van der Waals surface area contributed by atoms with E-state index in [4.69, 9.17) is 16.3 Å². The number of hydrogen-bond donors (Lipinski definition) is 1. The third-order valence-electron chi connectivity index (χ3n) is 8.44. The number of pyridine rings is 1. The molecule has 2 fully saturated rings. The van der Waals surface area contributed by atoms with Crippen LogP contribution >= 0.6 is 11.6 Å². The fourth-order valence-electron chi connectivity index (χ4n) is 6.17. The predicted octanol–water partition coefficient (Wildman–Crippen LogP) is 4.85. The van der Waals surface area contributed by atoms with Gasteiger partial charge in [0.2, 0.25) is 15.9 Å². The molecule has 1 N–H and O–H groups in total. The van der Waals surface area contributed by atoms with Crippen LogP contribution in [0, 0.1) is 6.92 Å². The number of piperidine rings is 1. The number of aryl methyl sites for hydroxylation is 1. The summed E-state index contributed by atoms with van der Waals surface area (Å²) in [4.78, 5) is 31.9. The average Bonchev–Trinajstić information content (AvgIpc) is 3.52. The summed E-state index contributed by atoms with van der Waals surface area (Å²) in [5.74, 6) is -2.05. The zero-order valence-electron chi connectivity index (χ0n) is 25.4. The van der Waals surface area contributed by atoms with Gasteiger partial charge >= 0.3 is 12.1 Å². The van der Waals surface area contributed by atoms with Crippen LogP contribution in [-0.2, 0) is 19.6 Å². The Morgan fingerprint density at radius 2 is 1.76 bits per heavy atom. The lowest BCUT2D eigenvalue weighted by Gasteiger charge is -2.39. The standard InChI is InChI=1S/C31H35ClF3N5O5S/c1-20-18-27(25-19-21(32)5-10-26(25)37-20)36-13-17-40(46(43,44)24-8-6-23(45-2)7-9-24)22-11-15-38(16-12-22)29(41)28-4-3-14-39(28)30(42)31(33,34)35/h5-10,18-19,22,28H,3-4,11-17H2,1-2H3,(H,36,37). The first-order chi connectivity index (χ1) is 21.8. The smallest absolute Gasteiger partial charge is 0.471 e. The number of nitrogens with zero attached hydrogens (tertiary/aromatic N) is 4. The van der Waals surface area contributed by atoms with Crippen LogP contribution in [0.15, 0.2) is 53.4 Å². The molecule has 3 heterocycles. The zero-order chi connectivity index (χ0) is 33.2. The fourth-order valence-corrected chi connectivity index (χ4v) is 8.03. The van der Waals surface area contributed by atoms with Crippen LogP contribution in [-0.4, -0.2) is 97.4 Å². The molecule has 2 aliphatic rings. The van der Waals surface area contributed by atoms with Gasteiger partial charge in [-0.15, -0.1) is 0 Å². The highest BCUT2D eigenvalue weighted by Gasteiger charge is 2.48. The van der Waals surface area contributed by atoms with Gasteiger partial charge < -0.3 is 19.9 Å². The Bertz CT molecular complexity index is 1700. The second-order valence-electron chi connectivity index (χ2n) is 11.4. The number of alkyl halides is 3. The third-order valence-corrected chi connectivity index (χ3v) is 10.6. The van der Waals surface area contributed by atoms with E-state index in [1.54, 1.807) is 24.3 Å². The number of aromatic nitrogens is 1. The van der Waals surface area contributed by atoms with Gasteiger partial charge in [-0.25, -0.2) is 8.42 Å². The molecule has 2 aromatic carbocycles. The van der Waals surface area contributed by atoms with E-state index in [9.17, 15) is 31.2 Å². The Balaban J connectivity index is 1.33. The number of sulfonamides is 1. The van der Waals surface area contributed by atoms with Crippen LogP contribution in [0.5, 0.6) is 5.75 Å². The number of amides is 2. The third kappa shape index (κ3) is 7.18. The molecule has 1 unspecified atom stereocenters. The van der Waals surface area contributed by atoms with E-state index in [0.717, 1.165) is 22.3 Å². The lowest BCUT2D eigenvalue weighted by molar-refractivity contribution is -0.187. The van der Waals surface area contributed by atoms with Crippen LogP contribution in [0.3, 0.4) is 0 Å². The molecule has 0 spiro atoms. The Labute approximate surface area is 270 Å². The molecule has 10 nitrogen and oxygen atoms in total. The molecule has 5 rings (SSSR count). The van der Waals surface area contributed by atoms with E-state index in [0.29, 0.717) is 22.1 Å². The summed E-state index contributed by atoms with van der Waals surface area (Å²) in [5.41, 5.74) is 2.26. The van der Waals surface area contributed by atoms with E-state index in [-0.39, 0.29) is 56.9 Å². The highest BCUT2D eigenvalue weighted by Crippen LogP contribution is 2.31. The molecule has 2 saturated heterocycles. The molecular weight excluding hydrogens is 647 g/mol. The number of methoxy groups -OCH3 is 1. The lowest BCUT2D eigenvalue weighted by Crippen LogP contribution is -2.55. The minimum Gasteiger partial charge on any atom is -0.497 e. The van der Waals surface area contributed by atoms with Crippen molar-refractivity contribution >= 4 is 50.0 Å². The van der Waals surface area contributed by atoms with Gasteiger partial charge in [-0.05, 0) is 81.1 Å². The summed E-state index contributed by atoms with van der Waals surface area (Å²) < 4.78 is 74.1. The Hall–Kier alpha value is -3.62. The molecule has 2 amide bonds. The first-order valence-corrected chi connectivity index (χ1v) is 16.7. The SMILES string of the molecule is COc1ccc(S(=O)(=O)N(CCNc2cc(C)nc3ccc(Cl)cc23)C2CCN(C(=O)C3CCCN3C(=O)C(F)(F)F)CC2)cc1. The van der Waals surface area contributed by atoms with Crippen molar-refractivity contribution in [3.8, 4) is 5.75 Å². The van der Waals surface area contributed by atoms with Crippen molar-refractivity contribution < 1.29 is 35.9 Å². The number of hydrogen-bond acceptors (Lipinski definition) is 7. The van der Waals surface area contributed by atoms with Crippen molar-refractivity contribution in [2.45, 2.75) is 55.8 Å². The molecule has 2 aliphatic heterocycles.